The van der Waals surface area contributed by atoms with Gasteiger partial charge in [-0.05, 0) is 24.3 Å². The van der Waals surface area contributed by atoms with E-state index in [4.69, 9.17) is 0 Å². The van der Waals surface area contributed by atoms with E-state index >= 15 is 0 Å². The van der Waals surface area contributed by atoms with Crippen molar-refractivity contribution < 1.29 is 19.6 Å². The number of carbonyl (C=O) groups excluding carboxylic acids is 2. The molecular formula is C16H13N3O5. The lowest BCUT2D eigenvalue weighted by Gasteiger charge is -2.16. The summed E-state index contributed by atoms with van der Waals surface area (Å²) in [6.07, 6.45) is -0.0362. The topological polar surface area (TPSA) is 113 Å². The zero-order valence-electron chi connectivity index (χ0n) is 12.4. The van der Waals surface area contributed by atoms with Crippen molar-refractivity contribution in [3.05, 3.63) is 58.6 Å². The molecule has 1 unspecified atom stereocenters. The second-order valence-electron chi connectivity index (χ2n) is 5.29. The van der Waals surface area contributed by atoms with Crippen molar-refractivity contribution in [2.24, 2.45) is 0 Å². The van der Waals surface area contributed by atoms with Gasteiger partial charge in [-0.3, -0.25) is 19.7 Å². The molecule has 0 spiro atoms. The van der Waals surface area contributed by atoms with Gasteiger partial charge in [-0.2, -0.15) is 0 Å². The Labute approximate surface area is 136 Å². The van der Waals surface area contributed by atoms with Crippen LogP contribution in [-0.2, 0) is 9.59 Å². The number of amides is 2. The fourth-order valence-corrected chi connectivity index (χ4v) is 2.54. The van der Waals surface area contributed by atoms with Gasteiger partial charge in [0.2, 0.25) is 5.91 Å². The van der Waals surface area contributed by atoms with Crippen LogP contribution in [0.5, 0.6) is 5.75 Å². The number of aromatic hydroxyl groups is 1. The summed E-state index contributed by atoms with van der Waals surface area (Å²) >= 11 is 0. The lowest BCUT2D eigenvalue weighted by atomic mass is 10.2. The third kappa shape index (κ3) is 2.89. The van der Waals surface area contributed by atoms with Crippen LogP contribution in [-0.4, -0.2) is 27.9 Å². The molecule has 24 heavy (non-hydrogen) atoms. The van der Waals surface area contributed by atoms with Crippen molar-refractivity contribution in [1.82, 2.24) is 0 Å². The molecule has 0 aromatic heterocycles. The Morgan fingerprint density at radius 2 is 1.88 bits per heavy atom. The number of phenolic OH excluding ortho intramolecular Hbond substituents is 1. The third-order valence-corrected chi connectivity index (χ3v) is 3.65. The van der Waals surface area contributed by atoms with Gasteiger partial charge in [0.25, 0.3) is 11.6 Å². The number of nitrogens with zero attached hydrogens (tertiary/aromatic N) is 2. The molecule has 2 aromatic carbocycles. The minimum absolute atomic E-state index is 0.0362. The molecule has 0 bridgehead atoms. The Morgan fingerprint density at radius 3 is 2.50 bits per heavy atom. The maximum atomic E-state index is 12.5. The number of nitro groups is 1. The average molecular weight is 327 g/mol. The van der Waals surface area contributed by atoms with Crippen molar-refractivity contribution in [2.75, 3.05) is 10.2 Å². The van der Waals surface area contributed by atoms with Crippen LogP contribution in [0.4, 0.5) is 17.1 Å². The number of non-ortho nitro benzene ring substituents is 1. The Bertz CT molecular complexity index is 819. The molecule has 3 rings (SSSR count). The number of carbonyl (C=O) groups is 2. The highest BCUT2D eigenvalue weighted by atomic mass is 16.6. The molecule has 1 aliphatic heterocycles. The quantitative estimate of drug-likeness (QED) is 0.505. The zero-order valence-corrected chi connectivity index (χ0v) is 12.4. The number of phenols is 1. The highest BCUT2D eigenvalue weighted by Crippen LogP contribution is 2.27. The molecule has 0 radical (unpaired) electrons. The van der Waals surface area contributed by atoms with Crippen molar-refractivity contribution in [3.8, 4) is 5.75 Å². The molecule has 1 saturated heterocycles. The first kappa shape index (κ1) is 15.5. The Morgan fingerprint density at radius 1 is 1.17 bits per heavy atom. The van der Waals surface area contributed by atoms with Gasteiger partial charge >= 0.3 is 0 Å². The molecule has 1 heterocycles. The summed E-state index contributed by atoms with van der Waals surface area (Å²) in [5.41, 5.74) is 0.690. The maximum Gasteiger partial charge on any atom is 0.269 e. The lowest BCUT2D eigenvalue weighted by Crippen LogP contribution is -2.34. The maximum absolute atomic E-state index is 12.5. The first-order valence-electron chi connectivity index (χ1n) is 7.12. The number of hydrogen-bond acceptors (Lipinski definition) is 6. The lowest BCUT2D eigenvalue weighted by molar-refractivity contribution is -0.384. The number of rotatable bonds is 4. The Hall–Kier alpha value is -3.42. The predicted molar refractivity (Wildman–Crippen MR) is 85.7 cm³/mol. The van der Waals surface area contributed by atoms with E-state index in [0.717, 1.165) is 4.90 Å². The van der Waals surface area contributed by atoms with Crippen molar-refractivity contribution in [1.29, 1.82) is 0 Å². The summed E-state index contributed by atoms with van der Waals surface area (Å²) < 4.78 is 0. The van der Waals surface area contributed by atoms with Gasteiger partial charge in [-0.15, -0.1) is 0 Å². The van der Waals surface area contributed by atoms with Gasteiger partial charge in [-0.1, -0.05) is 6.07 Å². The second kappa shape index (κ2) is 5.99. The first-order chi connectivity index (χ1) is 11.5. The van der Waals surface area contributed by atoms with Crippen LogP contribution in [0, 0.1) is 10.1 Å². The van der Waals surface area contributed by atoms with E-state index in [0.29, 0.717) is 5.69 Å². The van der Waals surface area contributed by atoms with Gasteiger partial charge in [0, 0.05) is 23.9 Å². The van der Waals surface area contributed by atoms with Crippen LogP contribution >= 0.6 is 0 Å². The molecule has 1 atom stereocenters. The fraction of sp³-hybridized carbons (Fsp3) is 0.125. The summed E-state index contributed by atoms with van der Waals surface area (Å²) in [6.45, 7) is 0. The minimum Gasteiger partial charge on any atom is -0.508 e. The Kier molecular flexibility index (Phi) is 3.87. The average Bonchev–Trinajstić information content (AvgIpc) is 2.81. The highest BCUT2D eigenvalue weighted by molar-refractivity contribution is 6.23. The zero-order chi connectivity index (χ0) is 17.3. The summed E-state index contributed by atoms with van der Waals surface area (Å²) in [5, 5.41) is 23.0. The standard InChI is InChI=1S/C16H13N3O5/c20-13-3-1-2-10(8-13)17-14-9-15(21)18(16(14)22)11-4-6-12(7-5-11)19(23)24/h1-8,14,17,20H,9H2. The van der Waals surface area contributed by atoms with Crippen molar-refractivity contribution in [2.45, 2.75) is 12.5 Å². The van der Waals surface area contributed by atoms with Gasteiger partial charge in [-0.25, -0.2) is 4.90 Å². The van der Waals surface area contributed by atoms with E-state index in [-0.39, 0.29) is 23.5 Å². The van der Waals surface area contributed by atoms with E-state index in [1.54, 1.807) is 12.1 Å². The summed E-state index contributed by atoms with van der Waals surface area (Å²) in [6, 6.07) is 10.7. The van der Waals surface area contributed by atoms with Crippen molar-refractivity contribution in [3.63, 3.8) is 0 Å². The number of anilines is 2. The van der Waals surface area contributed by atoms with Gasteiger partial charge in [0.1, 0.15) is 11.8 Å². The second-order valence-corrected chi connectivity index (χ2v) is 5.29. The molecule has 0 aliphatic carbocycles. The number of benzene rings is 2. The molecule has 2 aromatic rings. The number of hydrogen-bond donors (Lipinski definition) is 2. The predicted octanol–water partition coefficient (Wildman–Crippen LogP) is 2.04. The fourth-order valence-electron chi connectivity index (χ4n) is 2.54. The van der Waals surface area contributed by atoms with E-state index < -0.39 is 22.8 Å². The molecule has 1 aliphatic rings. The first-order valence-corrected chi connectivity index (χ1v) is 7.12. The van der Waals surface area contributed by atoms with Gasteiger partial charge in [0.15, 0.2) is 0 Å². The summed E-state index contributed by atoms with van der Waals surface area (Å²) in [7, 11) is 0. The molecule has 2 N–H and O–H groups in total. The highest BCUT2D eigenvalue weighted by Gasteiger charge is 2.39. The van der Waals surface area contributed by atoms with Crippen LogP contribution in [0.1, 0.15) is 6.42 Å². The smallest absolute Gasteiger partial charge is 0.269 e. The Balaban J connectivity index is 1.80. The summed E-state index contributed by atoms with van der Waals surface area (Å²) in [5.74, 6) is -0.798. The van der Waals surface area contributed by atoms with Crippen molar-refractivity contribution >= 4 is 28.9 Å². The van der Waals surface area contributed by atoms with Gasteiger partial charge in [0.05, 0.1) is 17.0 Å². The molecule has 0 saturated carbocycles. The minimum atomic E-state index is -0.755. The molecule has 8 nitrogen and oxygen atoms in total. The molecular weight excluding hydrogens is 314 g/mol. The van der Waals surface area contributed by atoms with E-state index in [1.165, 1.54) is 36.4 Å². The monoisotopic (exact) mass is 327 g/mol. The molecule has 122 valence electrons. The molecule has 8 heteroatoms. The van der Waals surface area contributed by atoms with Crippen LogP contribution in [0.15, 0.2) is 48.5 Å². The molecule has 1 fully saturated rings. The SMILES string of the molecule is O=C1CC(Nc2cccc(O)c2)C(=O)N1c1ccc([N+](=O)[O-])cc1. The normalized spacial score (nSPS) is 17.2. The van der Waals surface area contributed by atoms with Crippen LogP contribution in [0.25, 0.3) is 0 Å². The third-order valence-electron chi connectivity index (χ3n) is 3.65. The number of nitro benzene ring substituents is 1. The van der Waals surface area contributed by atoms with E-state index in [9.17, 15) is 24.8 Å². The summed E-state index contributed by atoms with van der Waals surface area (Å²) in [4.78, 5) is 35.7. The number of nitrogens with one attached hydrogen (secondary N) is 1. The molecule has 2 amide bonds. The largest absolute Gasteiger partial charge is 0.508 e. The van der Waals surface area contributed by atoms with Crippen LogP contribution in [0.3, 0.4) is 0 Å². The van der Waals surface area contributed by atoms with Crippen LogP contribution in [0.2, 0.25) is 0 Å². The van der Waals surface area contributed by atoms with Crippen LogP contribution < -0.4 is 10.2 Å². The number of imide groups is 1. The van der Waals surface area contributed by atoms with Gasteiger partial charge < -0.3 is 10.4 Å². The van der Waals surface area contributed by atoms with E-state index in [1.807, 2.05) is 0 Å². The van der Waals surface area contributed by atoms with E-state index in [2.05, 4.69) is 5.32 Å².